The standard InChI is InChI=1S/C24H26N2O5/c27-22-7-5-19(24(28)25-22)20-15-31-21-6-2-16-14-17(3-4-18(16)23(20)21)30-11-1-8-26-9-12-29-13-10-26/h2-4,6,14-15,19H,1,5,7-13H2,(H,25,27,28)/t19-/m0/s1. The second-order valence-corrected chi connectivity index (χ2v) is 8.17. The number of piperidine rings is 1. The molecule has 0 saturated carbocycles. The maximum atomic E-state index is 12.4. The fourth-order valence-electron chi connectivity index (χ4n) is 4.51. The van der Waals surface area contributed by atoms with Gasteiger partial charge in [0.2, 0.25) is 11.8 Å². The van der Waals surface area contributed by atoms with Gasteiger partial charge in [-0.1, -0.05) is 6.07 Å². The second-order valence-electron chi connectivity index (χ2n) is 8.17. The van der Waals surface area contributed by atoms with E-state index < -0.39 is 0 Å². The number of nitrogens with one attached hydrogen (secondary N) is 1. The van der Waals surface area contributed by atoms with Crippen molar-refractivity contribution < 1.29 is 23.5 Å². The van der Waals surface area contributed by atoms with Gasteiger partial charge in [0, 0.05) is 37.0 Å². The van der Waals surface area contributed by atoms with Crippen LogP contribution in [0.3, 0.4) is 0 Å². The molecule has 1 aromatic heterocycles. The molecule has 2 aliphatic rings. The van der Waals surface area contributed by atoms with E-state index in [-0.39, 0.29) is 17.7 Å². The van der Waals surface area contributed by atoms with Crippen molar-refractivity contribution in [3.05, 3.63) is 42.2 Å². The fourth-order valence-corrected chi connectivity index (χ4v) is 4.51. The topological polar surface area (TPSA) is 81.0 Å². The molecule has 3 aromatic rings. The van der Waals surface area contributed by atoms with Crippen molar-refractivity contribution in [1.82, 2.24) is 10.2 Å². The van der Waals surface area contributed by atoms with Crippen molar-refractivity contribution >= 4 is 33.6 Å². The Bertz CT molecular complexity index is 1120. The molecule has 0 radical (unpaired) electrons. The first-order valence-electron chi connectivity index (χ1n) is 10.9. The molecule has 2 aromatic carbocycles. The summed E-state index contributed by atoms with van der Waals surface area (Å²) in [5, 5.41) is 5.43. The van der Waals surface area contributed by atoms with Crippen molar-refractivity contribution in [3.63, 3.8) is 0 Å². The van der Waals surface area contributed by atoms with Crippen LogP contribution >= 0.6 is 0 Å². The van der Waals surface area contributed by atoms with Gasteiger partial charge in [-0.25, -0.2) is 0 Å². The SMILES string of the molecule is O=C1CC[C@@H](c2coc3ccc4cc(OCCCN5CCOCC5)ccc4c23)C(=O)N1. The molecule has 2 amide bonds. The highest BCUT2D eigenvalue weighted by Crippen LogP contribution is 2.37. The Morgan fingerprint density at radius 1 is 1.13 bits per heavy atom. The van der Waals surface area contributed by atoms with Gasteiger partial charge in [0.05, 0.1) is 32.0 Å². The van der Waals surface area contributed by atoms with Gasteiger partial charge in [0.1, 0.15) is 11.3 Å². The predicted octanol–water partition coefficient (Wildman–Crippen LogP) is 3.21. The second kappa shape index (κ2) is 8.69. The summed E-state index contributed by atoms with van der Waals surface area (Å²) in [4.78, 5) is 26.3. The number of carbonyl (C=O) groups is 2. The summed E-state index contributed by atoms with van der Waals surface area (Å²) in [6.07, 6.45) is 3.47. The minimum absolute atomic E-state index is 0.214. The van der Waals surface area contributed by atoms with Gasteiger partial charge in [-0.15, -0.1) is 0 Å². The number of hydrogen-bond donors (Lipinski definition) is 1. The average Bonchev–Trinajstić information content (AvgIpc) is 3.21. The minimum atomic E-state index is -0.374. The van der Waals surface area contributed by atoms with Crippen LogP contribution in [0.5, 0.6) is 5.75 Å². The van der Waals surface area contributed by atoms with Crippen molar-refractivity contribution in [3.8, 4) is 5.75 Å². The van der Waals surface area contributed by atoms with Gasteiger partial charge >= 0.3 is 0 Å². The molecule has 7 heteroatoms. The molecule has 0 spiro atoms. The number of rotatable bonds is 6. The Balaban J connectivity index is 1.33. The Morgan fingerprint density at radius 2 is 2.00 bits per heavy atom. The van der Waals surface area contributed by atoms with E-state index >= 15 is 0 Å². The first-order valence-corrected chi connectivity index (χ1v) is 10.9. The number of fused-ring (bicyclic) bond motifs is 3. The van der Waals surface area contributed by atoms with Crippen LogP contribution in [0, 0.1) is 0 Å². The largest absolute Gasteiger partial charge is 0.494 e. The highest BCUT2D eigenvalue weighted by atomic mass is 16.5. The van der Waals surface area contributed by atoms with Crippen LogP contribution in [-0.2, 0) is 14.3 Å². The zero-order chi connectivity index (χ0) is 21.2. The summed E-state index contributed by atoms with van der Waals surface area (Å²) in [7, 11) is 0. The number of carbonyl (C=O) groups excluding carboxylic acids is 2. The Kier molecular flexibility index (Phi) is 5.61. The van der Waals surface area contributed by atoms with Crippen molar-refractivity contribution in [1.29, 1.82) is 0 Å². The maximum absolute atomic E-state index is 12.4. The molecule has 31 heavy (non-hydrogen) atoms. The number of benzene rings is 2. The van der Waals surface area contributed by atoms with Gasteiger partial charge < -0.3 is 13.9 Å². The van der Waals surface area contributed by atoms with Crippen LogP contribution in [0.2, 0.25) is 0 Å². The van der Waals surface area contributed by atoms with Gasteiger partial charge in [0.25, 0.3) is 0 Å². The molecule has 2 fully saturated rings. The third kappa shape index (κ3) is 4.16. The first-order chi connectivity index (χ1) is 15.2. The van der Waals surface area contributed by atoms with Crippen LogP contribution in [0.4, 0.5) is 0 Å². The lowest BCUT2D eigenvalue weighted by molar-refractivity contribution is -0.134. The molecule has 5 rings (SSSR count). The van der Waals surface area contributed by atoms with E-state index in [1.54, 1.807) is 6.26 Å². The van der Waals surface area contributed by atoms with Crippen LogP contribution in [0.25, 0.3) is 21.7 Å². The van der Waals surface area contributed by atoms with Crippen molar-refractivity contribution in [2.24, 2.45) is 0 Å². The maximum Gasteiger partial charge on any atom is 0.234 e. The molecule has 1 atom stereocenters. The monoisotopic (exact) mass is 422 g/mol. The summed E-state index contributed by atoms with van der Waals surface area (Å²) >= 11 is 0. The molecule has 162 valence electrons. The summed E-state index contributed by atoms with van der Waals surface area (Å²) in [5.41, 5.74) is 1.58. The lowest BCUT2D eigenvalue weighted by Crippen LogP contribution is -2.39. The van der Waals surface area contributed by atoms with E-state index in [1.807, 2.05) is 30.3 Å². The smallest absolute Gasteiger partial charge is 0.234 e. The van der Waals surface area contributed by atoms with Crippen molar-refractivity contribution in [2.75, 3.05) is 39.5 Å². The van der Waals surface area contributed by atoms with Gasteiger partial charge in [0.15, 0.2) is 0 Å². The molecule has 0 bridgehead atoms. The van der Waals surface area contributed by atoms with Gasteiger partial charge in [-0.3, -0.25) is 19.8 Å². The van der Waals surface area contributed by atoms with Crippen LogP contribution in [0.15, 0.2) is 41.0 Å². The molecule has 0 aliphatic carbocycles. The number of furan rings is 1. The average molecular weight is 422 g/mol. The Hall–Kier alpha value is -2.90. The molecule has 0 unspecified atom stereocenters. The third-order valence-electron chi connectivity index (χ3n) is 6.16. The first kappa shape index (κ1) is 20.0. The number of hydrogen-bond acceptors (Lipinski definition) is 6. The van der Waals surface area contributed by atoms with Crippen LogP contribution in [-0.4, -0.2) is 56.2 Å². The van der Waals surface area contributed by atoms with E-state index in [9.17, 15) is 9.59 Å². The predicted molar refractivity (Wildman–Crippen MR) is 116 cm³/mol. The molecule has 7 nitrogen and oxygen atoms in total. The number of amides is 2. The lowest BCUT2D eigenvalue weighted by Gasteiger charge is -2.26. The van der Waals surface area contributed by atoms with E-state index in [4.69, 9.17) is 13.9 Å². The van der Waals surface area contributed by atoms with Gasteiger partial charge in [-0.2, -0.15) is 0 Å². The molecule has 2 saturated heterocycles. The van der Waals surface area contributed by atoms with Crippen molar-refractivity contribution in [2.45, 2.75) is 25.2 Å². The van der Waals surface area contributed by atoms with E-state index in [2.05, 4.69) is 10.2 Å². The molecular formula is C24H26N2O5. The zero-order valence-corrected chi connectivity index (χ0v) is 17.4. The molecular weight excluding hydrogens is 396 g/mol. The quantitative estimate of drug-likeness (QED) is 0.485. The minimum Gasteiger partial charge on any atom is -0.494 e. The lowest BCUT2D eigenvalue weighted by atomic mass is 9.89. The fraction of sp³-hybridized carbons (Fsp3) is 0.417. The molecule has 1 N–H and O–H groups in total. The van der Waals surface area contributed by atoms with E-state index in [0.717, 1.165) is 72.3 Å². The van der Waals surface area contributed by atoms with Crippen LogP contribution in [0.1, 0.15) is 30.7 Å². The van der Waals surface area contributed by atoms with E-state index in [1.165, 1.54) is 0 Å². The Morgan fingerprint density at radius 3 is 2.84 bits per heavy atom. The highest BCUT2D eigenvalue weighted by Gasteiger charge is 2.31. The molecule has 3 heterocycles. The Labute approximate surface area is 180 Å². The number of nitrogens with zero attached hydrogens (tertiary/aromatic N) is 1. The normalized spacial score (nSPS) is 20.3. The summed E-state index contributed by atoms with van der Waals surface area (Å²) in [6.45, 7) is 5.29. The van der Waals surface area contributed by atoms with Gasteiger partial charge in [-0.05, 0) is 47.9 Å². The summed E-state index contributed by atoms with van der Waals surface area (Å²) in [6, 6.07) is 9.97. The van der Waals surface area contributed by atoms with E-state index in [0.29, 0.717) is 19.4 Å². The molecule has 2 aliphatic heterocycles. The third-order valence-corrected chi connectivity index (χ3v) is 6.16. The number of morpholine rings is 1. The summed E-state index contributed by atoms with van der Waals surface area (Å²) < 4.78 is 17.1. The number of imide groups is 1. The summed E-state index contributed by atoms with van der Waals surface area (Å²) in [5.74, 6) is -0.00830. The zero-order valence-electron chi connectivity index (χ0n) is 17.4. The highest BCUT2D eigenvalue weighted by molar-refractivity contribution is 6.10. The van der Waals surface area contributed by atoms with Crippen LogP contribution < -0.4 is 10.1 Å². The number of ether oxygens (including phenoxy) is 2.